The summed E-state index contributed by atoms with van der Waals surface area (Å²) in [7, 11) is 0. The van der Waals surface area contributed by atoms with Crippen LogP contribution in [-0.2, 0) is 0 Å². The molecule has 1 aromatic carbocycles. The summed E-state index contributed by atoms with van der Waals surface area (Å²) in [5.74, 6) is 1.45. The first kappa shape index (κ1) is 14.1. The summed E-state index contributed by atoms with van der Waals surface area (Å²) in [5.41, 5.74) is 0.618. The van der Waals surface area contributed by atoms with Crippen molar-refractivity contribution in [3.63, 3.8) is 0 Å². The fourth-order valence-electron chi connectivity index (χ4n) is 1.34. The standard InChI is InChI=1S/C13H18O3S/c1-10(9-14)17-8-7-16-13-6-4-3-5-12(13)11(2)15/h3-6,10,14H,7-9H2,1-2H3. The van der Waals surface area contributed by atoms with Crippen LogP contribution in [0.15, 0.2) is 24.3 Å². The molecule has 0 saturated heterocycles. The second-order valence-electron chi connectivity index (χ2n) is 3.76. The number of carbonyl (C=O) groups is 1. The lowest BCUT2D eigenvalue weighted by molar-refractivity contribution is 0.101. The second-order valence-corrected chi connectivity index (χ2v) is 5.31. The molecule has 0 bridgehead atoms. The molecule has 0 radical (unpaired) electrons. The van der Waals surface area contributed by atoms with Crippen molar-refractivity contribution in [1.82, 2.24) is 0 Å². The Balaban J connectivity index is 2.44. The third-order valence-electron chi connectivity index (χ3n) is 2.27. The minimum absolute atomic E-state index is 0.0111. The Labute approximate surface area is 106 Å². The first-order chi connectivity index (χ1) is 8.15. The van der Waals surface area contributed by atoms with E-state index < -0.39 is 0 Å². The van der Waals surface area contributed by atoms with Gasteiger partial charge in [0.05, 0.1) is 18.8 Å². The summed E-state index contributed by atoms with van der Waals surface area (Å²) < 4.78 is 5.57. The highest BCUT2D eigenvalue weighted by atomic mass is 32.2. The van der Waals surface area contributed by atoms with Crippen molar-refractivity contribution < 1.29 is 14.6 Å². The Hall–Kier alpha value is -1.00. The number of para-hydroxylation sites is 1. The second kappa shape index (κ2) is 7.35. The molecule has 17 heavy (non-hydrogen) atoms. The molecular formula is C13H18O3S. The van der Waals surface area contributed by atoms with Gasteiger partial charge in [-0.3, -0.25) is 4.79 Å². The number of carbonyl (C=O) groups excluding carboxylic acids is 1. The maximum atomic E-state index is 11.3. The predicted molar refractivity (Wildman–Crippen MR) is 70.9 cm³/mol. The van der Waals surface area contributed by atoms with E-state index in [1.807, 2.05) is 19.1 Å². The zero-order chi connectivity index (χ0) is 12.7. The lowest BCUT2D eigenvalue weighted by Crippen LogP contribution is -2.09. The van der Waals surface area contributed by atoms with E-state index in [1.54, 1.807) is 23.9 Å². The zero-order valence-corrected chi connectivity index (χ0v) is 11.0. The highest BCUT2D eigenvalue weighted by molar-refractivity contribution is 7.99. The van der Waals surface area contributed by atoms with E-state index in [1.165, 1.54) is 6.92 Å². The molecule has 1 aromatic rings. The average Bonchev–Trinajstić information content (AvgIpc) is 2.34. The quantitative estimate of drug-likeness (QED) is 0.599. The van der Waals surface area contributed by atoms with Crippen molar-refractivity contribution in [3.05, 3.63) is 29.8 Å². The molecule has 1 N–H and O–H groups in total. The molecule has 0 heterocycles. The Bertz CT molecular complexity index is 365. The van der Waals surface area contributed by atoms with Gasteiger partial charge in [-0.05, 0) is 19.1 Å². The van der Waals surface area contributed by atoms with Crippen LogP contribution in [0.3, 0.4) is 0 Å². The Kier molecular flexibility index (Phi) is 6.08. The molecule has 4 heteroatoms. The molecular weight excluding hydrogens is 236 g/mol. The number of rotatable bonds is 7. The number of aliphatic hydroxyl groups excluding tert-OH is 1. The lowest BCUT2D eigenvalue weighted by atomic mass is 10.1. The minimum Gasteiger partial charge on any atom is -0.492 e. The normalized spacial score (nSPS) is 12.2. The number of ketones is 1. The Morgan fingerprint density at radius 2 is 2.18 bits per heavy atom. The smallest absolute Gasteiger partial charge is 0.163 e. The number of ether oxygens (including phenoxy) is 1. The Morgan fingerprint density at radius 1 is 1.47 bits per heavy atom. The third kappa shape index (κ3) is 4.79. The molecule has 0 fully saturated rings. The summed E-state index contributed by atoms with van der Waals surface area (Å²) in [5, 5.41) is 9.09. The summed E-state index contributed by atoms with van der Waals surface area (Å²) in [6.07, 6.45) is 0. The van der Waals surface area contributed by atoms with Crippen molar-refractivity contribution in [3.8, 4) is 5.75 Å². The Morgan fingerprint density at radius 3 is 2.82 bits per heavy atom. The number of Topliss-reactive ketones (excluding diaryl/α,β-unsaturated/α-hetero) is 1. The van der Waals surface area contributed by atoms with Crippen LogP contribution in [-0.4, -0.2) is 35.1 Å². The summed E-state index contributed by atoms with van der Waals surface area (Å²) in [4.78, 5) is 11.3. The van der Waals surface area contributed by atoms with Crippen molar-refractivity contribution in [1.29, 1.82) is 0 Å². The van der Waals surface area contributed by atoms with Gasteiger partial charge in [-0.25, -0.2) is 0 Å². The molecule has 0 spiro atoms. The van der Waals surface area contributed by atoms with Crippen LogP contribution in [0.25, 0.3) is 0 Å². The largest absolute Gasteiger partial charge is 0.492 e. The number of hydrogen-bond acceptors (Lipinski definition) is 4. The third-order valence-corrected chi connectivity index (χ3v) is 3.39. The van der Waals surface area contributed by atoms with Crippen LogP contribution in [0.1, 0.15) is 24.2 Å². The van der Waals surface area contributed by atoms with Gasteiger partial charge in [-0.2, -0.15) is 11.8 Å². The number of hydrogen-bond donors (Lipinski definition) is 1. The molecule has 1 unspecified atom stereocenters. The van der Waals surface area contributed by atoms with Crippen LogP contribution >= 0.6 is 11.8 Å². The van der Waals surface area contributed by atoms with Gasteiger partial charge in [0.25, 0.3) is 0 Å². The minimum atomic E-state index is 0.0111. The average molecular weight is 254 g/mol. The molecule has 1 rings (SSSR count). The summed E-state index contributed by atoms with van der Waals surface area (Å²) in [6, 6.07) is 7.25. The van der Waals surface area contributed by atoms with Gasteiger partial charge >= 0.3 is 0 Å². The first-order valence-electron chi connectivity index (χ1n) is 5.60. The lowest BCUT2D eigenvalue weighted by Gasteiger charge is -2.11. The fourth-order valence-corrected chi connectivity index (χ4v) is 2.02. The molecule has 0 aliphatic rings. The van der Waals surface area contributed by atoms with Gasteiger partial charge < -0.3 is 9.84 Å². The van der Waals surface area contributed by atoms with Crippen molar-refractivity contribution >= 4 is 17.5 Å². The van der Waals surface area contributed by atoms with Crippen molar-refractivity contribution in [2.24, 2.45) is 0 Å². The SMILES string of the molecule is CC(=O)c1ccccc1OCCSC(C)CO. The van der Waals surface area contributed by atoms with Gasteiger partial charge in [0, 0.05) is 11.0 Å². The number of benzene rings is 1. The molecule has 0 aromatic heterocycles. The molecule has 0 amide bonds. The molecule has 3 nitrogen and oxygen atoms in total. The van der Waals surface area contributed by atoms with Crippen LogP contribution in [0.2, 0.25) is 0 Å². The molecule has 0 aliphatic carbocycles. The van der Waals surface area contributed by atoms with Gasteiger partial charge in [0.2, 0.25) is 0 Å². The topological polar surface area (TPSA) is 46.5 Å². The van der Waals surface area contributed by atoms with E-state index in [0.29, 0.717) is 17.9 Å². The van der Waals surface area contributed by atoms with Crippen molar-refractivity contribution in [2.75, 3.05) is 19.0 Å². The van der Waals surface area contributed by atoms with E-state index in [4.69, 9.17) is 9.84 Å². The highest BCUT2D eigenvalue weighted by Gasteiger charge is 2.07. The maximum absolute atomic E-state index is 11.3. The summed E-state index contributed by atoms with van der Waals surface area (Å²) >= 11 is 1.65. The van der Waals surface area contributed by atoms with E-state index in [2.05, 4.69) is 0 Å². The van der Waals surface area contributed by atoms with E-state index in [-0.39, 0.29) is 17.6 Å². The van der Waals surface area contributed by atoms with Crippen LogP contribution in [0, 0.1) is 0 Å². The predicted octanol–water partition coefficient (Wildman–Crippen LogP) is 2.38. The molecule has 0 saturated carbocycles. The van der Waals surface area contributed by atoms with Crippen LogP contribution in [0.4, 0.5) is 0 Å². The van der Waals surface area contributed by atoms with E-state index in [9.17, 15) is 4.79 Å². The first-order valence-corrected chi connectivity index (χ1v) is 6.65. The molecule has 0 aliphatic heterocycles. The van der Waals surface area contributed by atoms with Crippen LogP contribution in [0.5, 0.6) is 5.75 Å². The van der Waals surface area contributed by atoms with Crippen molar-refractivity contribution in [2.45, 2.75) is 19.1 Å². The molecule has 1 atom stereocenters. The van der Waals surface area contributed by atoms with Gasteiger partial charge in [-0.15, -0.1) is 0 Å². The van der Waals surface area contributed by atoms with Gasteiger partial charge in [-0.1, -0.05) is 19.1 Å². The number of thioether (sulfide) groups is 1. The van der Waals surface area contributed by atoms with E-state index >= 15 is 0 Å². The van der Waals surface area contributed by atoms with E-state index in [0.717, 1.165) is 5.75 Å². The van der Waals surface area contributed by atoms with Gasteiger partial charge in [0.1, 0.15) is 5.75 Å². The monoisotopic (exact) mass is 254 g/mol. The zero-order valence-electron chi connectivity index (χ0n) is 10.2. The maximum Gasteiger partial charge on any atom is 0.163 e. The fraction of sp³-hybridized carbons (Fsp3) is 0.462. The van der Waals surface area contributed by atoms with Crippen LogP contribution < -0.4 is 4.74 Å². The molecule has 94 valence electrons. The van der Waals surface area contributed by atoms with Gasteiger partial charge in [0.15, 0.2) is 5.78 Å². The number of aliphatic hydroxyl groups is 1. The summed E-state index contributed by atoms with van der Waals surface area (Å²) in [6.45, 7) is 4.22. The highest BCUT2D eigenvalue weighted by Crippen LogP contribution is 2.19.